The summed E-state index contributed by atoms with van der Waals surface area (Å²) in [7, 11) is 1.60. The first-order valence-electron chi connectivity index (χ1n) is 9.75. The standard InChI is InChI=1S/C22H22N4O3S/c1-29-17-9-5-8-16(13-17)21-25-26-22(30-21)24-20(28)18(23-19(27)15-10-11-15)12-14-6-3-2-4-7-14/h2-9,13,15,18H,10-12H2,1H3,(H,23,27)(H,24,26,28). The lowest BCUT2D eigenvalue weighted by atomic mass is 10.1. The van der Waals surface area contributed by atoms with Gasteiger partial charge in [0.2, 0.25) is 16.9 Å². The lowest BCUT2D eigenvalue weighted by molar-refractivity contribution is -0.127. The maximum absolute atomic E-state index is 12.9. The molecule has 2 aromatic carbocycles. The molecule has 8 heteroatoms. The first-order valence-corrected chi connectivity index (χ1v) is 10.6. The maximum atomic E-state index is 12.9. The van der Waals surface area contributed by atoms with E-state index >= 15 is 0 Å². The number of ether oxygens (including phenoxy) is 1. The number of nitrogens with one attached hydrogen (secondary N) is 2. The SMILES string of the molecule is COc1cccc(-c2nnc(NC(=O)C(Cc3ccccc3)NC(=O)C3CC3)s2)c1. The molecule has 0 aliphatic heterocycles. The number of anilines is 1. The highest BCUT2D eigenvalue weighted by molar-refractivity contribution is 7.18. The number of methoxy groups -OCH3 is 1. The van der Waals surface area contributed by atoms with Gasteiger partial charge >= 0.3 is 0 Å². The number of nitrogens with zero attached hydrogens (tertiary/aromatic N) is 2. The predicted molar refractivity (Wildman–Crippen MR) is 115 cm³/mol. The summed E-state index contributed by atoms with van der Waals surface area (Å²) in [5.41, 5.74) is 1.83. The Morgan fingerprint density at radius 2 is 1.93 bits per heavy atom. The van der Waals surface area contributed by atoms with E-state index in [9.17, 15) is 9.59 Å². The Bertz CT molecular complexity index is 1030. The van der Waals surface area contributed by atoms with Crippen LogP contribution < -0.4 is 15.4 Å². The molecule has 154 valence electrons. The lowest BCUT2D eigenvalue weighted by Crippen LogP contribution is -2.45. The zero-order chi connectivity index (χ0) is 20.9. The van der Waals surface area contributed by atoms with Crippen molar-refractivity contribution < 1.29 is 14.3 Å². The van der Waals surface area contributed by atoms with Crippen LogP contribution in [0.25, 0.3) is 10.6 Å². The van der Waals surface area contributed by atoms with Gasteiger partial charge < -0.3 is 10.1 Å². The smallest absolute Gasteiger partial charge is 0.249 e. The van der Waals surface area contributed by atoms with Crippen molar-refractivity contribution in [3.05, 3.63) is 60.2 Å². The average Bonchev–Trinajstić information content (AvgIpc) is 3.53. The van der Waals surface area contributed by atoms with Crippen LogP contribution in [0, 0.1) is 5.92 Å². The Morgan fingerprint density at radius 3 is 2.67 bits per heavy atom. The minimum Gasteiger partial charge on any atom is -0.497 e. The average molecular weight is 423 g/mol. The van der Waals surface area contributed by atoms with Crippen molar-refractivity contribution >= 4 is 28.3 Å². The minimum absolute atomic E-state index is 0.0252. The van der Waals surface area contributed by atoms with E-state index in [0.717, 1.165) is 29.7 Å². The molecule has 30 heavy (non-hydrogen) atoms. The number of hydrogen-bond donors (Lipinski definition) is 2. The predicted octanol–water partition coefficient (Wildman–Crippen LogP) is 3.29. The first-order chi connectivity index (χ1) is 14.6. The normalized spacial score (nSPS) is 14.0. The summed E-state index contributed by atoms with van der Waals surface area (Å²) in [5, 5.41) is 15.0. The molecule has 1 unspecified atom stereocenters. The number of aromatic nitrogens is 2. The summed E-state index contributed by atoms with van der Waals surface area (Å²) in [6, 6.07) is 16.4. The van der Waals surface area contributed by atoms with Crippen LogP contribution in [0.15, 0.2) is 54.6 Å². The van der Waals surface area contributed by atoms with Crippen LogP contribution in [0.5, 0.6) is 5.75 Å². The topological polar surface area (TPSA) is 93.2 Å². The zero-order valence-corrected chi connectivity index (χ0v) is 17.3. The van der Waals surface area contributed by atoms with E-state index in [0.29, 0.717) is 16.6 Å². The lowest BCUT2D eigenvalue weighted by Gasteiger charge is -2.17. The molecule has 1 aromatic heterocycles. The second kappa shape index (κ2) is 9.04. The fourth-order valence-corrected chi connectivity index (χ4v) is 3.78. The number of benzene rings is 2. The molecular weight excluding hydrogens is 400 g/mol. The van der Waals surface area contributed by atoms with E-state index in [-0.39, 0.29) is 17.7 Å². The summed E-state index contributed by atoms with van der Waals surface area (Å²) < 4.78 is 5.24. The van der Waals surface area contributed by atoms with Crippen molar-refractivity contribution in [1.82, 2.24) is 15.5 Å². The largest absolute Gasteiger partial charge is 0.497 e. The molecule has 7 nitrogen and oxygen atoms in total. The Labute approximate surface area is 178 Å². The third kappa shape index (κ3) is 5.01. The molecule has 0 spiro atoms. The maximum Gasteiger partial charge on any atom is 0.249 e. The zero-order valence-electron chi connectivity index (χ0n) is 16.5. The second-order valence-electron chi connectivity index (χ2n) is 7.16. The molecule has 2 amide bonds. The third-order valence-electron chi connectivity index (χ3n) is 4.84. The van der Waals surface area contributed by atoms with Gasteiger partial charge in [-0.25, -0.2) is 0 Å². The van der Waals surface area contributed by atoms with Gasteiger partial charge in [-0.1, -0.05) is 53.8 Å². The Morgan fingerprint density at radius 1 is 1.13 bits per heavy atom. The number of carbonyl (C=O) groups excluding carboxylic acids is 2. The molecule has 2 N–H and O–H groups in total. The van der Waals surface area contributed by atoms with Crippen LogP contribution in [-0.2, 0) is 16.0 Å². The van der Waals surface area contributed by atoms with Crippen molar-refractivity contribution in [2.45, 2.75) is 25.3 Å². The number of amides is 2. The summed E-state index contributed by atoms with van der Waals surface area (Å²) in [5.74, 6) is 0.373. The Balaban J connectivity index is 1.47. The van der Waals surface area contributed by atoms with Gasteiger partial charge in [0.15, 0.2) is 0 Å². The molecule has 1 aliphatic carbocycles. The number of hydrogen-bond acceptors (Lipinski definition) is 6. The second-order valence-corrected chi connectivity index (χ2v) is 8.14. The third-order valence-corrected chi connectivity index (χ3v) is 5.72. The number of carbonyl (C=O) groups is 2. The first kappa shape index (κ1) is 20.0. The molecule has 1 aliphatic rings. The van der Waals surface area contributed by atoms with Crippen molar-refractivity contribution in [3.8, 4) is 16.3 Å². The Kier molecular flexibility index (Phi) is 6.04. The van der Waals surface area contributed by atoms with E-state index in [4.69, 9.17) is 4.74 Å². The molecule has 0 bridgehead atoms. The van der Waals surface area contributed by atoms with Crippen LogP contribution in [0.3, 0.4) is 0 Å². The monoisotopic (exact) mass is 422 g/mol. The minimum atomic E-state index is -0.676. The highest BCUT2D eigenvalue weighted by Crippen LogP contribution is 2.30. The van der Waals surface area contributed by atoms with Gasteiger partial charge in [-0.15, -0.1) is 10.2 Å². The Hall–Kier alpha value is -3.26. The van der Waals surface area contributed by atoms with Crippen molar-refractivity contribution in [2.75, 3.05) is 12.4 Å². The highest BCUT2D eigenvalue weighted by atomic mass is 32.1. The van der Waals surface area contributed by atoms with Crippen molar-refractivity contribution in [3.63, 3.8) is 0 Å². The van der Waals surface area contributed by atoms with Crippen molar-refractivity contribution in [1.29, 1.82) is 0 Å². The van der Waals surface area contributed by atoms with Crippen LogP contribution in [0.2, 0.25) is 0 Å². The van der Waals surface area contributed by atoms with E-state index in [1.165, 1.54) is 11.3 Å². The molecule has 4 rings (SSSR count). The number of rotatable bonds is 8. The molecule has 1 heterocycles. The molecule has 3 aromatic rings. The molecule has 0 radical (unpaired) electrons. The van der Waals surface area contributed by atoms with Gasteiger partial charge in [-0.05, 0) is 30.5 Å². The van der Waals surface area contributed by atoms with E-state index in [1.807, 2.05) is 54.6 Å². The van der Waals surface area contributed by atoms with Gasteiger partial charge in [0.1, 0.15) is 16.8 Å². The van der Waals surface area contributed by atoms with Crippen molar-refractivity contribution in [2.24, 2.45) is 5.92 Å². The fraction of sp³-hybridized carbons (Fsp3) is 0.273. The fourth-order valence-electron chi connectivity index (χ4n) is 3.03. The van der Waals surface area contributed by atoms with E-state index < -0.39 is 6.04 Å². The molecular formula is C22H22N4O3S. The van der Waals surface area contributed by atoms with E-state index in [2.05, 4.69) is 20.8 Å². The molecule has 1 saturated carbocycles. The van der Waals surface area contributed by atoms with Crippen LogP contribution in [0.1, 0.15) is 18.4 Å². The summed E-state index contributed by atoms with van der Waals surface area (Å²) in [6.07, 6.45) is 2.17. The van der Waals surface area contributed by atoms with Gasteiger partial charge in [-0.2, -0.15) is 0 Å². The summed E-state index contributed by atoms with van der Waals surface area (Å²) >= 11 is 1.27. The van der Waals surface area contributed by atoms with Crippen LogP contribution >= 0.6 is 11.3 Å². The van der Waals surface area contributed by atoms with Crippen LogP contribution in [-0.4, -0.2) is 35.2 Å². The van der Waals surface area contributed by atoms with Gasteiger partial charge in [0.05, 0.1) is 7.11 Å². The van der Waals surface area contributed by atoms with Gasteiger partial charge in [0.25, 0.3) is 0 Å². The van der Waals surface area contributed by atoms with Crippen LogP contribution in [0.4, 0.5) is 5.13 Å². The van der Waals surface area contributed by atoms with E-state index in [1.54, 1.807) is 7.11 Å². The van der Waals surface area contributed by atoms with Gasteiger partial charge in [-0.3, -0.25) is 14.9 Å². The molecule has 1 fully saturated rings. The van der Waals surface area contributed by atoms with Gasteiger partial charge in [0, 0.05) is 17.9 Å². The quantitative estimate of drug-likeness (QED) is 0.581. The summed E-state index contributed by atoms with van der Waals surface area (Å²) in [6.45, 7) is 0. The highest BCUT2D eigenvalue weighted by Gasteiger charge is 2.33. The molecule has 1 atom stereocenters. The molecule has 0 saturated heterocycles. The summed E-state index contributed by atoms with van der Waals surface area (Å²) in [4.78, 5) is 25.2.